The molecular formula is C24H25N3O. The van der Waals surface area contributed by atoms with E-state index in [9.17, 15) is 10.1 Å². The van der Waals surface area contributed by atoms with E-state index >= 15 is 0 Å². The van der Waals surface area contributed by atoms with Gasteiger partial charge in [-0.2, -0.15) is 5.26 Å². The van der Waals surface area contributed by atoms with Crippen molar-refractivity contribution in [1.82, 2.24) is 9.88 Å². The third-order valence-electron chi connectivity index (χ3n) is 4.93. The average molecular weight is 371 g/mol. The molecule has 2 aromatic carbocycles. The molecule has 0 saturated heterocycles. The summed E-state index contributed by atoms with van der Waals surface area (Å²) in [6.07, 6.45) is 4.47. The van der Waals surface area contributed by atoms with Crippen LogP contribution < -0.4 is 5.32 Å². The molecule has 0 saturated carbocycles. The number of carbonyl (C=O) groups excluding carboxylic acids is 1. The molecule has 142 valence electrons. The zero-order valence-corrected chi connectivity index (χ0v) is 16.4. The van der Waals surface area contributed by atoms with Crippen molar-refractivity contribution < 1.29 is 4.79 Å². The second-order valence-corrected chi connectivity index (χ2v) is 6.98. The van der Waals surface area contributed by atoms with Gasteiger partial charge in [0.25, 0.3) is 5.91 Å². The summed E-state index contributed by atoms with van der Waals surface area (Å²) in [5.74, 6) is -0.221. The summed E-state index contributed by atoms with van der Waals surface area (Å²) in [7, 11) is 0. The number of nitrogens with one attached hydrogen (secondary N) is 1. The first-order chi connectivity index (χ1) is 13.6. The number of carbonyl (C=O) groups is 1. The van der Waals surface area contributed by atoms with Crippen LogP contribution in [0.25, 0.3) is 5.69 Å². The molecule has 1 heterocycles. The van der Waals surface area contributed by atoms with Crippen LogP contribution in [0.5, 0.6) is 0 Å². The van der Waals surface area contributed by atoms with Gasteiger partial charge in [0.15, 0.2) is 0 Å². The summed E-state index contributed by atoms with van der Waals surface area (Å²) in [4.78, 5) is 12.9. The predicted molar refractivity (Wildman–Crippen MR) is 112 cm³/mol. The van der Waals surface area contributed by atoms with Crippen LogP contribution >= 0.6 is 0 Å². The van der Waals surface area contributed by atoms with Crippen molar-refractivity contribution in [2.24, 2.45) is 0 Å². The van der Waals surface area contributed by atoms with E-state index in [1.54, 1.807) is 16.8 Å². The van der Waals surface area contributed by atoms with E-state index in [0.717, 1.165) is 24.9 Å². The molecule has 0 aliphatic carbocycles. The lowest BCUT2D eigenvalue weighted by atomic mass is 10.1. The number of nitrogens with zero attached hydrogens (tertiary/aromatic N) is 2. The Morgan fingerprint density at radius 1 is 1.07 bits per heavy atom. The number of hydrogen-bond donors (Lipinski definition) is 1. The number of rotatable bonds is 7. The monoisotopic (exact) mass is 371 g/mol. The van der Waals surface area contributed by atoms with Gasteiger partial charge >= 0.3 is 0 Å². The molecule has 0 fully saturated rings. The first-order valence-electron chi connectivity index (χ1n) is 9.68. The van der Waals surface area contributed by atoms with Crippen molar-refractivity contribution in [2.45, 2.75) is 39.2 Å². The molecule has 1 aromatic heterocycles. The molecule has 0 bridgehead atoms. The zero-order chi connectivity index (χ0) is 19.9. The first-order valence-corrected chi connectivity index (χ1v) is 9.68. The fourth-order valence-electron chi connectivity index (χ4n) is 3.25. The molecule has 1 unspecified atom stereocenters. The van der Waals surface area contributed by atoms with E-state index in [2.05, 4.69) is 30.4 Å². The highest BCUT2D eigenvalue weighted by Crippen LogP contribution is 2.18. The summed E-state index contributed by atoms with van der Waals surface area (Å²) in [5, 5.41) is 12.5. The third-order valence-corrected chi connectivity index (χ3v) is 4.93. The normalized spacial score (nSPS) is 11.6. The molecule has 4 heteroatoms. The van der Waals surface area contributed by atoms with Gasteiger partial charge in [-0.05, 0) is 55.5 Å². The Morgan fingerprint density at radius 2 is 1.79 bits per heavy atom. The van der Waals surface area contributed by atoms with Gasteiger partial charge in [0.2, 0.25) is 0 Å². The van der Waals surface area contributed by atoms with Gasteiger partial charge in [-0.15, -0.1) is 0 Å². The molecule has 1 amide bonds. The predicted octanol–water partition coefficient (Wildman–Crippen LogP) is 4.66. The molecule has 3 rings (SSSR count). The number of hydrogen-bond acceptors (Lipinski definition) is 2. The fraction of sp³-hybridized carbons (Fsp3) is 0.250. The SMILES string of the molecule is CCc1ccc(-n2ccc(C#N)c2C(=O)NC(C)CCc2ccccc2)cc1. The quantitative estimate of drug-likeness (QED) is 0.656. The molecule has 0 aliphatic heterocycles. The molecule has 1 N–H and O–H groups in total. The molecule has 0 radical (unpaired) electrons. The van der Waals surface area contributed by atoms with Gasteiger partial charge in [0.1, 0.15) is 11.8 Å². The Kier molecular flexibility index (Phi) is 6.29. The largest absolute Gasteiger partial charge is 0.348 e. The van der Waals surface area contributed by atoms with Crippen molar-refractivity contribution in [3.63, 3.8) is 0 Å². The van der Waals surface area contributed by atoms with Crippen LogP contribution in [0.1, 0.15) is 47.4 Å². The Bertz CT molecular complexity index is 965. The minimum Gasteiger partial charge on any atom is -0.348 e. The first kappa shape index (κ1) is 19.4. The lowest BCUT2D eigenvalue weighted by Gasteiger charge is -2.16. The van der Waals surface area contributed by atoms with E-state index in [0.29, 0.717) is 11.3 Å². The Balaban J connectivity index is 1.75. The van der Waals surface area contributed by atoms with Crippen LogP contribution in [0.3, 0.4) is 0 Å². The van der Waals surface area contributed by atoms with Gasteiger partial charge < -0.3 is 9.88 Å². The fourth-order valence-corrected chi connectivity index (χ4v) is 3.25. The maximum Gasteiger partial charge on any atom is 0.269 e. The van der Waals surface area contributed by atoms with Crippen molar-refractivity contribution in [2.75, 3.05) is 0 Å². The standard InChI is InChI=1S/C24H25N3O/c1-3-19-11-13-22(14-12-19)27-16-15-21(17-25)23(27)24(28)26-18(2)9-10-20-7-5-4-6-8-20/h4-8,11-16,18H,3,9-10H2,1-2H3,(H,26,28). The van der Waals surface area contributed by atoms with Gasteiger partial charge in [0, 0.05) is 17.9 Å². The molecular weight excluding hydrogens is 346 g/mol. The summed E-state index contributed by atoms with van der Waals surface area (Å²) in [6, 6.07) is 22.1. The minimum absolute atomic E-state index is 0.00469. The maximum absolute atomic E-state index is 12.9. The summed E-state index contributed by atoms with van der Waals surface area (Å²) in [5.41, 5.74) is 4.13. The Hall–Kier alpha value is -3.32. The zero-order valence-electron chi connectivity index (χ0n) is 16.4. The average Bonchev–Trinajstić information content (AvgIpc) is 3.17. The second-order valence-electron chi connectivity index (χ2n) is 6.98. The number of aryl methyl sites for hydroxylation is 2. The maximum atomic E-state index is 12.9. The van der Waals surface area contributed by atoms with Crippen LogP contribution in [-0.2, 0) is 12.8 Å². The molecule has 3 aromatic rings. The molecule has 0 spiro atoms. The van der Waals surface area contributed by atoms with Crippen molar-refractivity contribution in [3.8, 4) is 11.8 Å². The molecule has 28 heavy (non-hydrogen) atoms. The van der Waals surface area contributed by atoms with E-state index in [1.165, 1.54) is 11.1 Å². The van der Waals surface area contributed by atoms with Gasteiger partial charge in [-0.3, -0.25) is 4.79 Å². The smallest absolute Gasteiger partial charge is 0.269 e. The lowest BCUT2D eigenvalue weighted by Crippen LogP contribution is -2.34. The lowest BCUT2D eigenvalue weighted by molar-refractivity contribution is 0.0931. The van der Waals surface area contributed by atoms with E-state index < -0.39 is 0 Å². The third kappa shape index (κ3) is 4.50. The number of amides is 1. The van der Waals surface area contributed by atoms with Crippen LogP contribution in [-0.4, -0.2) is 16.5 Å². The van der Waals surface area contributed by atoms with Crippen LogP contribution in [0.15, 0.2) is 66.9 Å². The summed E-state index contributed by atoms with van der Waals surface area (Å²) in [6.45, 7) is 4.10. The van der Waals surface area contributed by atoms with E-state index in [4.69, 9.17) is 0 Å². The highest BCUT2D eigenvalue weighted by Gasteiger charge is 2.19. The van der Waals surface area contributed by atoms with Gasteiger partial charge in [-0.1, -0.05) is 49.4 Å². The van der Waals surface area contributed by atoms with Crippen molar-refractivity contribution in [3.05, 3.63) is 89.2 Å². The molecule has 1 atom stereocenters. The second kappa shape index (κ2) is 9.05. The molecule has 0 aliphatic rings. The number of benzene rings is 2. The van der Waals surface area contributed by atoms with Crippen molar-refractivity contribution in [1.29, 1.82) is 5.26 Å². The van der Waals surface area contributed by atoms with E-state index in [1.807, 2.05) is 49.4 Å². The topological polar surface area (TPSA) is 57.8 Å². The van der Waals surface area contributed by atoms with Gasteiger partial charge in [-0.25, -0.2) is 0 Å². The molecule has 4 nitrogen and oxygen atoms in total. The highest BCUT2D eigenvalue weighted by atomic mass is 16.2. The van der Waals surface area contributed by atoms with Crippen LogP contribution in [0.2, 0.25) is 0 Å². The minimum atomic E-state index is -0.221. The Labute approximate surface area is 166 Å². The number of aromatic nitrogens is 1. The van der Waals surface area contributed by atoms with Gasteiger partial charge in [0.05, 0.1) is 5.56 Å². The summed E-state index contributed by atoms with van der Waals surface area (Å²) < 4.78 is 1.79. The van der Waals surface area contributed by atoms with Crippen LogP contribution in [0, 0.1) is 11.3 Å². The Morgan fingerprint density at radius 3 is 2.43 bits per heavy atom. The highest BCUT2D eigenvalue weighted by molar-refractivity contribution is 5.96. The van der Waals surface area contributed by atoms with Crippen LogP contribution in [0.4, 0.5) is 0 Å². The van der Waals surface area contributed by atoms with Crippen molar-refractivity contribution >= 4 is 5.91 Å². The summed E-state index contributed by atoms with van der Waals surface area (Å²) >= 11 is 0. The number of nitriles is 1. The van der Waals surface area contributed by atoms with E-state index in [-0.39, 0.29) is 11.9 Å².